The van der Waals surface area contributed by atoms with Crippen molar-refractivity contribution in [2.75, 3.05) is 5.32 Å². The summed E-state index contributed by atoms with van der Waals surface area (Å²) in [6, 6.07) is 11.5. The van der Waals surface area contributed by atoms with Crippen LogP contribution in [0.2, 0.25) is 0 Å². The maximum absolute atomic E-state index is 14.4. The number of carbonyl (C=O) groups is 1. The normalized spacial score (nSPS) is 15.7. The van der Waals surface area contributed by atoms with Gasteiger partial charge in [0.2, 0.25) is 15.7 Å². The van der Waals surface area contributed by atoms with Crippen molar-refractivity contribution in [2.24, 2.45) is 5.16 Å². The fourth-order valence-electron chi connectivity index (χ4n) is 3.15. The molecule has 0 spiro atoms. The molecule has 4 rings (SSSR count). The van der Waals surface area contributed by atoms with Crippen LogP contribution in [0.4, 0.5) is 10.1 Å². The number of hydrogen-bond donors (Lipinski definition) is 1. The van der Waals surface area contributed by atoms with E-state index in [0.717, 1.165) is 11.6 Å². The van der Waals surface area contributed by atoms with Gasteiger partial charge in [0.25, 0.3) is 0 Å². The molecule has 1 amide bonds. The molecule has 1 aliphatic heterocycles. The molecule has 2 aromatic carbocycles. The van der Waals surface area contributed by atoms with E-state index in [2.05, 4.69) is 15.6 Å². The first kappa shape index (κ1) is 21.7. The lowest BCUT2D eigenvalue weighted by atomic mass is 10.1. The highest BCUT2D eigenvalue weighted by molar-refractivity contribution is 8.05. The Hall–Kier alpha value is -3.53. The molecule has 2 heterocycles. The third-order valence-corrected chi connectivity index (χ3v) is 6.37. The summed E-state index contributed by atoms with van der Waals surface area (Å²) in [5.74, 6) is -1.78. The molecule has 0 radical (unpaired) electrons. The number of fused-ring (bicyclic) bond motifs is 1. The molecule has 32 heavy (non-hydrogen) atoms. The number of carbonyl (C=O) groups excluding carboxylic acids is 1. The van der Waals surface area contributed by atoms with Crippen molar-refractivity contribution in [3.05, 3.63) is 65.6 Å². The predicted octanol–water partition coefficient (Wildman–Crippen LogP) is 4.05. The molecule has 1 aromatic heterocycles. The lowest BCUT2D eigenvalue weighted by Crippen LogP contribution is -2.23. The summed E-state index contributed by atoms with van der Waals surface area (Å²) in [5, 5.41) is 10.1. The molecule has 0 atom stereocenters. The first-order valence-corrected chi connectivity index (χ1v) is 11.4. The molecule has 0 bridgehead atoms. The molecule has 8 nitrogen and oxygen atoms in total. The molecule has 0 unspecified atom stereocenters. The Morgan fingerprint density at radius 1 is 1.25 bits per heavy atom. The van der Waals surface area contributed by atoms with Crippen LogP contribution in [0.15, 0.2) is 58.2 Å². The van der Waals surface area contributed by atoms with E-state index in [1.165, 1.54) is 12.1 Å². The molecular weight excluding hydrogens is 437 g/mol. The molecule has 10 heteroatoms. The van der Waals surface area contributed by atoms with Crippen LogP contribution in [-0.2, 0) is 25.2 Å². The monoisotopic (exact) mass is 457 g/mol. The minimum Gasteiger partial charge on any atom is -0.389 e. The van der Waals surface area contributed by atoms with Gasteiger partial charge < -0.3 is 14.7 Å². The van der Waals surface area contributed by atoms with Gasteiger partial charge in [0.05, 0.1) is 5.69 Å². The Bertz CT molecular complexity index is 1340. The summed E-state index contributed by atoms with van der Waals surface area (Å²) >= 11 is 0. The highest BCUT2D eigenvalue weighted by Crippen LogP contribution is 2.30. The van der Waals surface area contributed by atoms with Gasteiger partial charge in [0.1, 0.15) is 17.0 Å². The van der Waals surface area contributed by atoms with Crippen LogP contribution in [0.1, 0.15) is 31.5 Å². The molecule has 1 aliphatic rings. The van der Waals surface area contributed by atoms with Gasteiger partial charge in [0, 0.05) is 23.9 Å². The van der Waals surface area contributed by atoms with Gasteiger partial charge in [-0.1, -0.05) is 40.6 Å². The zero-order valence-corrected chi connectivity index (χ0v) is 18.1. The number of sulfone groups is 1. The van der Waals surface area contributed by atoms with E-state index in [0.29, 0.717) is 0 Å². The summed E-state index contributed by atoms with van der Waals surface area (Å²) in [5.41, 5.74) is 0.136. The van der Waals surface area contributed by atoms with Crippen molar-refractivity contribution in [1.82, 2.24) is 5.16 Å². The Kier molecular flexibility index (Phi) is 5.55. The largest absolute Gasteiger partial charge is 0.389 e. The number of anilines is 1. The zero-order valence-electron chi connectivity index (χ0n) is 17.3. The summed E-state index contributed by atoms with van der Waals surface area (Å²) in [7, 11) is -3.82. The average molecular weight is 457 g/mol. The summed E-state index contributed by atoms with van der Waals surface area (Å²) in [4.78, 5) is 17.4. The van der Waals surface area contributed by atoms with Crippen LogP contribution in [-0.4, -0.2) is 30.1 Å². The van der Waals surface area contributed by atoms with Crippen LogP contribution in [0.5, 0.6) is 0 Å². The van der Waals surface area contributed by atoms with Gasteiger partial charge >= 0.3 is 0 Å². The third kappa shape index (κ3) is 4.70. The van der Waals surface area contributed by atoms with Crippen LogP contribution in [0.25, 0.3) is 17.0 Å². The van der Waals surface area contributed by atoms with Crippen molar-refractivity contribution >= 4 is 43.5 Å². The SMILES string of the molecule is CC1(C)CC(S(=O)(=O)Cc2noc3cc(F)c(NC(=O)/C=C/c4ccccc4)cc23)=NO1. The number of hydrogen-bond acceptors (Lipinski definition) is 7. The Morgan fingerprint density at radius 3 is 2.69 bits per heavy atom. The number of oxime groups is 1. The van der Waals surface area contributed by atoms with Crippen LogP contribution < -0.4 is 5.32 Å². The second kappa shape index (κ2) is 8.19. The van der Waals surface area contributed by atoms with Crippen molar-refractivity contribution in [2.45, 2.75) is 31.6 Å². The number of amides is 1. The fraction of sp³-hybridized carbons (Fsp3) is 0.227. The molecule has 0 saturated carbocycles. The number of nitrogens with one attached hydrogen (secondary N) is 1. The first-order chi connectivity index (χ1) is 15.1. The number of nitrogens with zero attached hydrogens (tertiary/aromatic N) is 2. The Balaban J connectivity index is 1.56. The van der Waals surface area contributed by atoms with Crippen LogP contribution in [0, 0.1) is 5.82 Å². The molecule has 0 saturated heterocycles. The van der Waals surface area contributed by atoms with Crippen molar-refractivity contribution in [1.29, 1.82) is 0 Å². The molecular formula is C22H20FN3O5S. The lowest BCUT2D eigenvalue weighted by Gasteiger charge is -2.13. The second-order valence-electron chi connectivity index (χ2n) is 7.96. The van der Waals surface area contributed by atoms with E-state index >= 15 is 0 Å². The van der Waals surface area contributed by atoms with Crippen LogP contribution >= 0.6 is 0 Å². The average Bonchev–Trinajstić information content (AvgIpc) is 3.30. The fourth-order valence-corrected chi connectivity index (χ4v) is 4.61. The predicted molar refractivity (Wildman–Crippen MR) is 118 cm³/mol. The molecule has 166 valence electrons. The van der Waals surface area contributed by atoms with Gasteiger partial charge in [-0.15, -0.1) is 0 Å². The smallest absolute Gasteiger partial charge is 0.248 e. The number of rotatable bonds is 5. The van der Waals surface area contributed by atoms with E-state index < -0.39 is 32.9 Å². The van der Waals surface area contributed by atoms with E-state index in [-0.39, 0.29) is 33.8 Å². The second-order valence-corrected chi connectivity index (χ2v) is 9.95. The molecule has 1 N–H and O–H groups in total. The Morgan fingerprint density at radius 2 is 2.00 bits per heavy atom. The standard InChI is InChI=1S/C22H20FN3O5S/c1-22(2)12-21(26-31-22)32(28,29)13-18-15-10-17(16(23)11-19(15)30-25-18)24-20(27)9-8-14-6-4-3-5-7-14/h3-11H,12-13H2,1-2H3,(H,24,27)/b9-8+. The number of halogens is 1. The highest BCUT2D eigenvalue weighted by Gasteiger charge is 2.36. The van der Waals surface area contributed by atoms with E-state index in [4.69, 9.17) is 9.36 Å². The van der Waals surface area contributed by atoms with Gasteiger partial charge in [-0.25, -0.2) is 12.8 Å². The van der Waals surface area contributed by atoms with Crippen molar-refractivity contribution in [3.63, 3.8) is 0 Å². The van der Waals surface area contributed by atoms with E-state index in [1.54, 1.807) is 19.9 Å². The minimum absolute atomic E-state index is 0.0652. The van der Waals surface area contributed by atoms with Gasteiger partial charge in [0.15, 0.2) is 16.4 Å². The molecule has 0 fully saturated rings. The van der Waals surface area contributed by atoms with Gasteiger partial charge in [-0.3, -0.25) is 4.79 Å². The van der Waals surface area contributed by atoms with Gasteiger partial charge in [-0.2, -0.15) is 0 Å². The van der Waals surface area contributed by atoms with Crippen molar-refractivity contribution < 1.29 is 27.0 Å². The molecule has 0 aliphatic carbocycles. The topological polar surface area (TPSA) is 111 Å². The first-order valence-electron chi connectivity index (χ1n) is 9.73. The minimum atomic E-state index is -3.82. The highest BCUT2D eigenvalue weighted by atomic mass is 32.2. The summed E-state index contributed by atoms with van der Waals surface area (Å²) < 4.78 is 45.0. The zero-order chi connectivity index (χ0) is 22.9. The van der Waals surface area contributed by atoms with Gasteiger partial charge in [-0.05, 0) is 31.6 Å². The summed E-state index contributed by atoms with van der Waals surface area (Å²) in [6.45, 7) is 3.46. The van der Waals surface area contributed by atoms with E-state index in [9.17, 15) is 17.6 Å². The van der Waals surface area contributed by atoms with E-state index in [1.807, 2.05) is 30.3 Å². The maximum Gasteiger partial charge on any atom is 0.248 e. The van der Waals surface area contributed by atoms with Crippen LogP contribution in [0.3, 0.4) is 0 Å². The molecule has 3 aromatic rings. The Labute approximate surface area is 183 Å². The third-order valence-electron chi connectivity index (χ3n) is 4.78. The number of aromatic nitrogens is 1. The maximum atomic E-state index is 14.4. The number of benzene rings is 2. The quantitative estimate of drug-likeness (QED) is 0.579. The van der Waals surface area contributed by atoms with Crippen molar-refractivity contribution in [3.8, 4) is 0 Å². The lowest BCUT2D eigenvalue weighted by molar-refractivity contribution is -0.111. The summed E-state index contributed by atoms with van der Waals surface area (Å²) in [6.07, 6.45) is 3.00.